The normalized spacial score (nSPS) is 25.9. The molecular weight excluding hydrogens is 468 g/mol. The molecule has 16 heteroatoms. The van der Waals surface area contributed by atoms with Gasteiger partial charge in [0.2, 0.25) is 0 Å². The van der Waals surface area contributed by atoms with Crippen LogP contribution in [-0.2, 0) is 9.47 Å². The summed E-state index contributed by atoms with van der Waals surface area (Å²) in [6.45, 7) is 2.70. The van der Waals surface area contributed by atoms with Gasteiger partial charge in [-0.2, -0.15) is 36.1 Å². The predicted molar refractivity (Wildman–Crippen MR) is 79.9 cm³/mol. The zero-order valence-corrected chi connectivity index (χ0v) is 16.5. The van der Waals surface area contributed by atoms with Crippen molar-refractivity contribution >= 4 is 0 Å². The predicted octanol–water partition coefficient (Wildman–Crippen LogP) is 5.75. The Labute approximate surface area is 169 Å². The van der Waals surface area contributed by atoms with Crippen LogP contribution in [0.25, 0.3) is 0 Å². The summed E-state index contributed by atoms with van der Waals surface area (Å²) in [6.07, 6.45) is -23.0. The van der Waals surface area contributed by atoms with Gasteiger partial charge in [0.05, 0.1) is 12.2 Å². The maximum Gasteiger partial charge on any atom is 0.522 e. The smallest absolute Gasteiger partial charge is 0.287 e. The van der Waals surface area contributed by atoms with Crippen molar-refractivity contribution in [2.45, 2.75) is 95.8 Å². The fourth-order valence-electron chi connectivity index (χ4n) is 3.59. The molecule has 0 radical (unpaired) electrons. The van der Waals surface area contributed by atoms with E-state index in [-0.39, 0.29) is 0 Å². The van der Waals surface area contributed by atoms with Crippen LogP contribution in [0, 0.1) is 0 Å². The van der Waals surface area contributed by atoms with E-state index in [1.54, 1.807) is 0 Å². The molecule has 1 aliphatic rings. The van der Waals surface area contributed by atoms with E-state index in [1.807, 2.05) is 0 Å². The maximum absolute atomic E-state index is 14.9. The molecule has 0 spiro atoms. The lowest BCUT2D eigenvalue weighted by Gasteiger charge is -2.40. The average molecular weight is 488 g/mol. The molecule has 1 saturated heterocycles. The van der Waals surface area contributed by atoms with E-state index in [0.717, 1.165) is 13.8 Å². The number of hydrogen-bond acceptors (Lipinski definition) is 4. The van der Waals surface area contributed by atoms with Gasteiger partial charge in [0.15, 0.2) is 0 Å². The number of hydrogen-bond donors (Lipinski definition) is 0. The van der Waals surface area contributed by atoms with E-state index in [0.29, 0.717) is 13.8 Å². The van der Waals surface area contributed by atoms with E-state index < -0.39 is 77.9 Å². The largest absolute Gasteiger partial charge is 0.522 e. The monoisotopic (exact) mass is 488 g/mol. The Morgan fingerprint density at radius 1 is 0.645 bits per heavy atom. The Morgan fingerprint density at radius 2 is 0.903 bits per heavy atom. The van der Waals surface area contributed by atoms with Gasteiger partial charge in [-0.1, -0.05) is 13.8 Å². The summed E-state index contributed by atoms with van der Waals surface area (Å²) in [6, 6.07) is -16.7. The third-order valence-electron chi connectivity index (χ3n) is 4.77. The minimum atomic E-state index is -5.77. The summed E-state index contributed by atoms with van der Waals surface area (Å²) < 4.78 is 170. The van der Waals surface area contributed by atoms with Crippen LogP contribution in [0.4, 0.5) is 52.7 Å². The topological polar surface area (TPSA) is 24.9 Å². The highest BCUT2D eigenvalue weighted by Crippen LogP contribution is 2.57. The van der Waals surface area contributed by atoms with Crippen LogP contribution in [0.3, 0.4) is 0 Å². The van der Waals surface area contributed by atoms with Gasteiger partial charge in [-0.15, -0.1) is 26.3 Å². The third-order valence-corrected chi connectivity index (χ3v) is 4.77. The average Bonchev–Trinajstić information content (AvgIpc) is 2.61. The van der Waals surface area contributed by atoms with Crippen LogP contribution in [0.15, 0.2) is 0 Å². The molecule has 1 fully saturated rings. The van der Waals surface area contributed by atoms with Crippen molar-refractivity contribution in [3.05, 3.63) is 0 Å². The molecule has 0 aliphatic carbocycles. The van der Waals surface area contributed by atoms with Crippen LogP contribution in [0.1, 0.15) is 40.5 Å². The van der Waals surface area contributed by atoms with Gasteiger partial charge in [0.25, 0.3) is 0 Å². The number of rotatable bonds is 8. The summed E-state index contributed by atoms with van der Waals surface area (Å²) in [5.74, 6) is 0. The van der Waals surface area contributed by atoms with Gasteiger partial charge in [-0.25, -0.2) is 0 Å². The van der Waals surface area contributed by atoms with Gasteiger partial charge >= 0.3 is 31.0 Å². The minimum absolute atomic E-state index is 0.474. The number of alkyl halides is 12. The molecule has 1 aliphatic heterocycles. The fraction of sp³-hybridized carbons (Fsp3) is 1.00. The summed E-state index contributed by atoms with van der Waals surface area (Å²) in [5, 5.41) is 0. The van der Waals surface area contributed by atoms with Crippen LogP contribution >= 0.6 is 0 Å². The standard InChI is InChI=1S/C15H20F12N2O2/c1-5-9(7(3)30-13(20,21)22)28-11(16,17)12(18,19)29(15(28,26)27)10(6-2)8(4)31-14(23,24)25/h7-10H,5-6H2,1-4H3. The quantitative estimate of drug-likeness (QED) is 0.321. The first kappa shape index (κ1) is 28.0. The van der Waals surface area contributed by atoms with E-state index in [1.165, 1.54) is 0 Å². The van der Waals surface area contributed by atoms with Gasteiger partial charge in [0.1, 0.15) is 0 Å². The fourth-order valence-corrected chi connectivity index (χ4v) is 3.59. The molecule has 0 aromatic carbocycles. The van der Waals surface area contributed by atoms with E-state index in [9.17, 15) is 52.7 Å². The molecule has 0 amide bonds. The van der Waals surface area contributed by atoms with E-state index in [4.69, 9.17) is 0 Å². The first-order valence-corrected chi connectivity index (χ1v) is 8.86. The van der Waals surface area contributed by atoms with Gasteiger partial charge in [0, 0.05) is 12.1 Å². The summed E-state index contributed by atoms with van der Waals surface area (Å²) >= 11 is 0. The molecule has 4 unspecified atom stereocenters. The van der Waals surface area contributed by atoms with Gasteiger partial charge < -0.3 is 0 Å². The van der Waals surface area contributed by atoms with Crippen molar-refractivity contribution < 1.29 is 62.2 Å². The second-order valence-electron chi connectivity index (χ2n) is 6.82. The van der Waals surface area contributed by atoms with Crippen molar-refractivity contribution in [2.24, 2.45) is 0 Å². The van der Waals surface area contributed by atoms with Crippen LogP contribution in [0.5, 0.6) is 0 Å². The lowest BCUT2D eigenvalue weighted by molar-refractivity contribution is -0.365. The van der Waals surface area contributed by atoms with E-state index >= 15 is 0 Å². The maximum atomic E-state index is 14.9. The van der Waals surface area contributed by atoms with Crippen LogP contribution in [-0.4, -0.2) is 65.1 Å². The molecule has 4 nitrogen and oxygen atoms in total. The zero-order chi connectivity index (χ0) is 24.8. The molecule has 0 aromatic rings. The summed E-state index contributed by atoms with van der Waals surface area (Å²) in [7, 11) is 0. The number of halogens is 12. The molecule has 4 atom stereocenters. The van der Waals surface area contributed by atoms with Crippen molar-refractivity contribution in [3.63, 3.8) is 0 Å². The lowest BCUT2D eigenvalue weighted by Crippen LogP contribution is -2.60. The van der Waals surface area contributed by atoms with Crippen molar-refractivity contribution in [1.29, 1.82) is 0 Å². The third kappa shape index (κ3) is 5.50. The molecule has 0 saturated carbocycles. The van der Waals surface area contributed by atoms with Gasteiger partial charge in [-0.05, 0) is 26.7 Å². The van der Waals surface area contributed by atoms with E-state index in [2.05, 4.69) is 9.47 Å². The van der Waals surface area contributed by atoms with Crippen LogP contribution < -0.4 is 0 Å². The Kier molecular flexibility index (Phi) is 7.90. The molecule has 31 heavy (non-hydrogen) atoms. The van der Waals surface area contributed by atoms with Crippen molar-refractivity contribution in [3.8, 4) is 0 Å². The van der Waals surface area contributed by atoms with Crippen molar-refractivity contribution in [2.75, 3.05) is 0 Å². The second-order valence-corrected chi connectivity index (χ2v) is 6.82. The summed E-state index contributed by atoms with van der Waals surface area (Å²) in [4.78, 5) is -2.89. The molecule has 0 bridgehead atoms. The minimum Gasteiger partial charge on any atom is -0.287 e. The Balaban J connectivity index is 3.51. The molecule has 1 rings (SSSR count). The number of nitrogens with zero attached hydrogens (tertiary/aromatic N) is 2. The molecule has 186 valence electrons. The lowest BCUT2D eigenvalue weighted by atomic mass is 10.1. The number of ether oxygens (including phenoxy) is 2. The van der Waals surface area contributed by atoms with Gasteiger partial charge in [-0.3, -0.25) is 9.47 Å². The first-order valence-electron chi connectivity index (χ1n) is 8.86. The van der Waals surface area contributed by atoms with Crippen LogP contribution in [0.2, 0.25) is 0 Å². The summed E-state index contributed by atoms with van der Waals surface area (Å²) in [5.41, 5.74) is 0. The Bertz CT molecular complexity index is 560. The highest BCUT2D eigenvalue weighted by atomic mass is 19.4. The SMILES string of the molecule is CCC(C(C)OC(F)(F)F)N1C(F)(F)N(C(CC)C(C)OC(F)(F)F)C(F)(F)C1(F)F. The second kappa shape index (κ2) is 8.74. The Morgan fingerprint density at radius 3 is 1.10 bits per heavy atom. The molecule has 1 heterocycles. The molecule has 0 aromatic heterocycles. The first-order chi connectivity index (χ1) is 13.6. The molecule has 0 N–H and O–H groups in total. The Hall–Kier alpha value is -1.00. The van der Waals surface area contributed by atoms with Crippen molar-refractivity contribution in [1.82, 2.24) is 9.80 Å². The molecular formula is C15H20F12N2O2. The highest BCUT2D eigenvalue weighted by molar-refractivity contribution is 5.05. The zero-order valence-electron chi connectivity index (χ0n) is 16.5. The highest BCUT2D eigenvalue weighted by Gasteiger charge is 2.83.